The molecule has 0 bridgehead atoms. The van der Waals surface area contributed by atoms with Crippen molar-refractivity contribution >= 4 is 17.6 Å². The molecule has 0 unspecified atom stereocenters. The Bertz CT molecular complexity index is 540. The Morgan fingerprint density at radius 1 is 1.24 bits per heavy atom. The number of halogens is 1. The number of hydrogen-bond donors (Lipinski definition) is 1. The third-order valence-electron chi connectivity index (χ3n) is 2.18. The molecule has 0 fully saturated rings. The monoisotopic (exact) mass is 248 g/mol. The maximum atomic E-state index is 10.5. The van der Waals surface area contributed by atoms with Crippen LogP contribution in [0.5, 0.6) is 0 Å². The Morgan fingerprint density at radius 2 is 1.88 bits per heavy atom. The lowest BCUT2D eigenvalue weighted by Crippen LogP contribution is -2.01. The van der Waals surface area contributed by atoms with Gasteiger partial charge in [0.25, 0.3) is 0 Å². The zero-order valence-electron chi connectivity index (χ0n) is 8.80. The standard InChI is InChI=1S/C12H9ClN2O2/c13-10-4-2-1-3-9(10)12-14-6-8(7-15-12)5-11(16)17/h1-4,6-7H,5H2,(H,16,17). The molecule has 0 saturated heterocycles. The van der Waals surface area contributed by atoms with Crippen LogP contribution in [0.25, 0.3) is 11.4 Å². The molecule has 86 valence electrons. The smallest absolute Gasteiger partial charge is 0.307 e. The largest absolute Gasteiger partial charge is 0.481 e. The Hall–Kier alpha value is -1.94. The number of carbonyl (C=O) groups is 1. The van der Waals surface area contributed by atoms with Gasteiger partial charge in [-0.05, 0) is 17.7 Å². The van der Waals surface area contributed by atoms with Gasteiger partial charge in [-0.25, -0.2) is 9.97 Å². The summed E-state index contributed by atoms with van der Waals surface area (Å²) in [6.07, 6.45) is 2.92. The number of benzene rings is 1. The highest BCUT2D eigenvalue weighted by Crippen LogP contribution is 2.23. The molecular formula is C12H9ClN2O2. The summed E-state index contributed by atoms with van der Waals surface area (Å²) >= 11 is 6.01. The van der Waals surface area contributed by atoms with Gasteiger partial charge in [0.1, 0.15) is 0 Å². The van der Waals surface area contributed by atoms with E-state index in [-0.39, 0.29) is 6.42 Å². The van der Waals surface area contributed by atoms with Crippen molar-refractivity contribution in [3.05, 3.63) is 47.2 Å². The summed E-state index contributed by atoms with van der Waals surface area (Å²) in [5, 5.41) is 9.19. The molecule has 0 radical (unpaired) electrons. The topological polar surface area (TPSA) is 63.1 Å². The zero-order chi connectivity index (χ0) is 12.3. The maximum Gasteiger partial charge on any atom is 0.307 e. The highest BCUT2D eigenvalue weighted by Gasteiger charge is 2.06. The summed E-state index contributed by atoms with van der Waals surface area (Å²) in [6.45, 7) is 0. The number of nitrogens with zero attached hydrogens (tertiary/aromatic N) is 2. The van der Waals surface area contributed by atoms with E-state index in [2.05, 4.69) is 9.97 Å². The van der Waals surface area contributed by atoms with Crippen molar-refractivity contribution in [2.75, 3.05) is 0 Å². The van der Waals surface area contributed by atoms with Crippen molar-refractivity contribution in [1.29, 1.82) is 0 Å². The molecule has 0 aliphatic rings. The molecule has 2 aromatic rings. The Kier molecular flexibility index (Phi) is 3.35. The van der Waals surface area contributed by atoms with Crippen molar-refractivity contribution in [3.8, 4) is 11.4 Å². The number of carboxylic acids is 1. The third-order valence-corrected chi connectivity index (χ3v) is 2.51. The normalized spacial score (nSPS) is 10.2. The Labute approximate surface area is 103 Å². The molecule has 17 heavy (non-hydrogen) atoms. The van der Waals surface area contributed by atoms with Crippen molar-refractivity contribution in [2.45, 2.75) is 6.42 Å². The molecule has 1 aromatic heterocycles. The van der Waals surface area contributed by atoms with E-state index < -0.39 is 5.97 Å². The minimum absolute atomic E-state index is 0.0806. The molecule has 1 aromatic carbocycles. The minimum atomic E-state index is -0.904. The zero-order valence-corrected chi connectivity index (χ0v) is 9.55. The maximum absolute atomic E-state index is 10.5. The molecule has 5 heteroatoms. The summed E-state index contributed by atoms with van der Waals surface area (Å²) in [5.74, 6) is -0.413. The molecule has 0 amide bonds. The molecule has 0 aliphatic carbocycles. The highest BCUT2D eigenvalue weighted by atomic mass is 35.5. The van der Waals surface area contributed by atoms with Crippen molar-refractivity contribution in [3.63, 3.8) is 0 Å². The molecule has 0 spiro atoms. The van der Waals surface area contributed by atoms with Crippen molar-refractivity contribution in [1.82, 2.24) is 9.97 Å². The van der Waals surface area contributed by atoms with Crippen LogP contribution < -0.4 is 0 Å². The van der Waals surface area contributed by atoms with E-state index in [4.69, 9.17) is 16.7 Å². The first kappa shape index (κ1) is 11.5. The molecular weight excluding hydrogens is 240 g/mol. The van der Waals surface area contributed by atoms with E-state index in [0.29, 0.717) is 16.4 Å². The average Bonchev–Trinajstić information content (AvgIpc) is 2.30. The first-order valence-electron chi connectivity index (χ1n) is 4.94. The molecule has 0 saturated carbocycles. The first-order valence-corrected chi connectivity index (χ1v) is 5.32. The third kappa shape index (κ3) is 2.79. The molecule has 2 rings (SSSR count). The number of carboxylic acid groups (broad SMARTS) is 1. The second-order valence-electron chi connectivity index (χ2n) is 3.47. The fourth-order valence-electron chi connectivity index (χ4n) is 1.40. The predicted molar refractivity (Wildman–Crippen MR) is 63.8 cm³/mol. The molecule has 1 heterocycles. The van der Waals surface area contributed by atoms with Gasteiger partial charge in [-0.2, -0.15) is 0 Å². The summed E-state index contributed by atoms with van der Waals surface area (Å²) in [6, 6.07) is 7.24. The van der Waals surface area contributed by atoms with Gasteiger partial charge in [0.2, 0.25) is 0 Å². The average molecular weight is 249 g/mol. The van der Waals surface area contributed by atoms with Crippen LogP contribution >= 0.6 is 11.6 Å². The van der Waals surface area contributed by atoms with E-state index in [1.807, 2.05) is 18.2 Å². The van der Waals surface area contributed by atoms with Crippen LogP contribution in [0.4, 0.5) is 0 Å². The number of aliphatic carboxylic acids is 1. The van der Waals surface area contributed by atoms with Crippen LogP contribution in [0.3, 0.4) is 0 Å². The number of hydrogen-bond acceptors (Lipinski definition) is 3. The van der Waals surface area contributed by atoms with Crippen LogP contribution in [-0.2, 0) is 11.2 Å². The van der Waals surface area contributed by atoms with Gasteiger partial charge < -0.3 is 5.11 Å². The van der Waals surface area contributed by atoms with Crippen LogP contribution in [0.2, 0.25) is 5.02 Å². The summed E-state index contributed by atoms with van der Waals surface area (Å²) in [4.78, 5) is 18.7. The Morgan fingerprint density at radius 3 is 2.47 bits per heavy atom. The summed E-state index contributed by atoms with van der Waals surface area (Å²) in [5.41, 5.74) is 1.30. The van der Waals surface area contributed by atoms with E-state index in [0.717, 1.165) is 5.56 Å². The van der Waals surface area contributed by atoms with Gasteiger partial charge in [-0.3, -0.25) is 4.79 Å². The quantitative estimate of drug-likeness (QED) is 0.906. The molecule has 1 N–H and O–H groups in total. The van der Waals surface area contributed by atoms with Crippen LogP contribution in [0, 0.1) is 0 Å². The Balaban J connectivity index is 2.30. The van der Waals surface area contributed by atoms with Gasteiger partial charge in [-0.15, -0.1) is 0 Å². The van der Waals surface area contributed by atoms with E-state index in [1.54, 1.807) is 6.07 Å². The van der Waals surface area contributed by atoms with E-state index in [9.17, 15) is 4.79 Å². The number of aromatic nitrogens is 2. The summed E-state index contributed by atoms with van der Waals surface area (Å²) < 4.78 is 0. The molecule has 4 nitrogen and oxygen atoms in total. The van der Waals surface area contributed by atoms with Gasteiger partial charge in [0.05, 0.1) is 11.4 Å². The van der Waals surface area contributed by atoms with Gasteiger partial charge in [0, 0.05) is 18.0 Å². The van der Waals surface area contributed by atoms with Gasteiger partial charge in [0.15, 0.2) is 5.82 Å². The van der Waals surface area contributed by atoms with E-state index in [1.165, 1.54) is 12.4 Å². The fourth-order valence-corrected chi connectivity index (χ4v) is 1.62. The number of rotatable bonds is 3. The van der Waals surface area contributed by atoms with Crippen molar-refractivity contribution < 1.29 is 9.90 Å². The predicted octanol–water partition coefficient (Wildman–Crippen LogP) is 2.42. The molecule has 0 aliphatic heterocycles. The van der Waals surface area contributed by atoms with Crippen LogP contribution in [0.1, 0.15) is 5.56 Å². The second kappa shape index (κ2) is 4.93. The second-order valence-corrected chi connectivity index (χ2v) is 3.87. The first-order chi connectivity index (χ1) is 8.16. The highest BCUT2D eigenvalue weighted by molar-refractivity contribution is 6.33. The van der Waals surface area contributed by atoms with Crippen molar-refractivity contribution in [2.24, 2.45) is 0 Å². The summed E-state index contributed by atoms with van der Waals surface area (Å²) in [7, 11) is 0. The lowest BCUT2D eigenvalue weighted by atomic mass is 10.2. The van der Waals surface area contributed by atoms with Gasteiger partial charge in [-0.1, -0.05) is 23.7 Å². The van der Waals surface area contributed by atoms with E-state index >= 15 is 0 Å². The SMILES string of the molecule is O=C(O)Cc1cnc(-c2ccccc2Cl)nc1. The van der Waals surface area contributed by atoms with Crippen LogP contribution in [0.15, 0.2) is 36.7 Å². The van der Waals surface area contributed by atoms with Crippen LogP contribution in [-0.4, -0.2) is 21.0 Å². The van der Waals surface area contributed by atoms with Gasteiger partial charge >= 0.3 is 5.97 Å². The molecule has 0 atom stereocenters. The minimum Gasteiger partial charge on any atom is -0.481 e. The fraction of sp³-hybridized carbons (Fsp3) is 0.0833. The lowest BCUT2D eigenvalue weighted by Gasteiger charge is -2.02. The lowest BCUT2D eigenvalue weighted by molar-refractivity contribution is -0.136.